The van der Waals surface area contributed by atoms with Gasteiger partial charge in [0.25, 0.3) is 0 Å². The number of allylic oxidation sites excluding steroid dienone is 1. The van der Waals surface area contributed by atoms with Crippen LogP contribution < -0.4 is 4.74 Å². The molecule has 0 radical (unpaired) electrons. The predicted molar refractivity (Wildman–Crippen MR) is 146 cm³/mol. The van der Waals surface area contributed by atoms with Crippen molar-refractivity contribution in [2.24, 2.45) is 11.8 Å². The highest BCUT2D eigenvalue weighted by molar-refractivity contribution is 6.19. The zero-order chi connectivity index (χ0) is 27.4. The Hall–Kier alpha value is -2.50. The van der Waals surface area contributed by atoms with Crippen LogP contribution in [0, 0.1) is 11.8 Å². The third-order valence-corrected chi connectivity index (χ3v) is 7.34. The molecule has 36 heavy (non-hydrogen) atoms. The zero-order valence-electron chi connectivity index (χ0n) is 23.4. The largest absolute Gasteiger partial charge is 0.504 e. The van der Waals surface area contributed by atoms with Gasteiger partial charge in [-0.1, -0.05) is 92.9 Å². The second kappa shape index (κ2) is 15.6. The SMILES string of the molecule is CCCCC(CC)CC(=C(C(=O)O)C(=O)O)c1cc(C(C)C)c(O)c(OC)c1CC(CC)CCCC. The highest BCUT2D eigenvalue weighted by atomic mass is 16.5. The number of aromatic hydroxyl groups is 1. The monoisotopic (exact) mass is 504 g/mol. The fourth-order valence-corrected chi connectivity index (χ4v) is 5.00. The zero-order valence-corrected chi connectivity index (χ0v) is 23.4. The topological polar surface area (TPSA) is 104 Å². The number of unbranched alkanes of at least 4 members (excludes halogenated alkanes) is 2. The van der Waals surface area contributed by atoms with Crippen LogP contribution in [0.3, 0.4) is 0 Å². The summed E-state index contributed by atoms with van der Waals surface area (Å²) in [6.07, 6.45) is 8.75. The average molecular weight is 505 g/mol. The van der Waals surface area contributed by atoms with Gasteiger partial charge in [-0.2, -0.15) is 0 Å². The average Bonchev–Trinajstić information content (AvgIpc) is 2.82. The van der Waals surface area contributed by atoms with Gasteiger partial charge in [-0.15, -0.1) is 0 Å². The van der Waals surface area contributed by atoms with E-state index in [9.17, 15) is 24.9 Å². The number of methoxy groups -OCH3 is 1. The maximum atomic E-state index is 12.3. The van der Waals surface area contributed by atoms with Crippen molar-refractivity contribution in [2.75, 3.05) is 7.11 Å². The molecule has 0 heterocycles. The highest BCUT2D eigenvalue weighted by Crippen LogP contribution is 2.45. The molecule has 0 aliphatic rings. The minimum absolute atomic E-state index is 0.0566. The first-order chi connectivity index (χ1) is 17.1. The second-order valence-electron chi connectivity index (χ2n) is 10.2. The first kappa shape index (κ1) is 31.5. The quantitative estimate of drug-likeness (QED) is 0.113. The van der Waals surface area contributed by atoms with E-state index < -0.39 is 17.5 Å². The summed E-state index contributed by atoms with van der Waals surface area (Å²) in [5.74, 6) is -2.08. The Morgan fingerprint density at radius 3 is 1.86 bits per heavy atom. The van der Waals surface area contributed by atoms with E-state index >= 15 is 0 Å². The molecule has 6 nitrogen and oxygen atoms in total. The van der Waals surface area contributed by atoms with Crippen molar-refractivity contribution in [3.8, 4) is 11.5 Å². The summed E-state index contributed by atoms with van der Waals surface area (Å²) in [6.45, 7) is 12.3. The number of phenols is 1. The van der Waals surface area contributed by atoms with Crippen molar-refractivity contribution >= 4 is 17.5 Å². The molecule has 0 saturated heterocycles. The lowest BCUT2D eigenvalue weighted by Crippen LogP contribution is -2.18. The smallest absolute Gasteiger partial charge is 0.343 e. The molecule has 204 valence electrons. The Bertz CT molecular complexity index is 883. The van der Waals surface area contributed by atoms with Gasteiger partial charge in [0.15, 0.2) is 11.5 Å². The number of phenolic OH excluding ortho intramolecular Hbond substituents is 1. The van der Waals surface area contributed by atoms with Crippen LogP contribution in [0.4, 0.5) is 0 Å². The Morgan fingerprint density at radius 1 is 0.917 bits per heavy atom. The summed E-state index contributed by atoms with van der Waals surface area (Å²) >= 11 is 0. The van der Waals surface area contributed by atoms with Gasteiger partial charge in [0.05, 0.1) is 7.11 Å². The molecule has 1 aromatic rings. The molecule has 0 fully saturated rings. The van der Waals surface area contributed by atoms with Gasteiger partial charge < -0.3 is 20.1 Å². The number of carboxylic acid groups (broad SMARTS) is 2. The number of benzene rings is 1. The van der Waals surface area contributed by atoms with E-state index in [0.29, 0.717) is 46.8 Å². The fourth-order valence-electron chi connectivity index (χ4n) is 5.00. The molecule has 0 aliphatic heterocycles. The second-order valence-corrected chi connectivity index (χ2v) is 10.2. The summed E-state index contributed by atoms with van der Waals surface area (Å²) in [5, 5.41) is 31.2. The number of carboxylic acids is 2. The van der Waals surface area contributed by atoms with Gasteiger partial charge in [-0.25, -0.2) is 9.59 Å². The third-order valence-electron chi connectivity index (χ3n) is 7.34. The first-order valence-electron chi connectivity index (χ1n) is 13.7. The van der Waals surface area contributed by atoms with Crippen molar-refractivity contribution in [3.63, 3.8) is 0 Å². The summed E-state index contributed by atoms with van der Waals surface area (Å²) in [7, 11) is 1.51. The number of hydrogen-bond acceptors (Lipinski definition) is 4. The van der Waals surface area contributed by atoms with Crippen molar-refractivity contribution < 1.29 is 29.6 Å². The predicted octanol–water partition coefficient (Wildman–Crippen LogP) is 7.81. The van der Waals surface area contributed by atoms with Crippen molar-refractivity contribution in [2.45, 2.75) is 112 Å². The van der Waals surface area contributed by atoms with E-state index in [0.717, 1.165) is 51.4 Å². The van der Waals surface area contributed by atoms with Crippen LogP contribution in [0.2, 0.25) is 0 Å². The molecule has 0 aliphatic carbocycles. The standard InChI is InChI=1S/C30H48O6/c1-8-12-14-20(10-3)16-24(26(29(32)33)30(34)35)23-18-22(19(5)6)27(31)28(36-7)25(23)17-21(11-4)15-13-9-2/h18-21,31H,8-17H2,1-7H3,(H,32,33)(H,34,35). The van der Waals surface area contributed by atoms with Gasteiger partial charge in [-0.3, -0.25) is 0 Å². The molecule has 0 bridgehead atoms. The molecular weight excluding hydrogens is 456 g/mol. The molecule has 1 aromatic carbocycles. The minimum atomic E-state index is -1.44. The van der Waals surface area contributed by atoms with Gasteiger partial charge in [0.1, 0.15) is 5.57 Å². The minimum Gasteiger partial charge on any atom is -0.504 e. The molecule has 0 spiro atoms. The van der Waals surface area contributed by atoms with E-state index in [4.69, 9.17) is 4.74 Å². The molecular formula is C30H48O6. The fraction of sp³-hybridized carbons (Fsp3) is 0.667. The summed E-state index contributed by atoms with van der Waals surface area (Å²) < 4.78 is 5.74. The molecule has 0 saturated carbocycles. The Labute approximate surface area is 217 Å². The van der Waals surface area contributed by atoms with Crippen LogP contribution in [-0.4, -0.2) is 34.4 Å². The van der Waals surface area contributed by atoms with E-state index in [1.54, 1.807) is 0 Å². The summed E-state index contributed by atoms with van der Waals surface area (Å²) in [6, 6.07) is 1.82. The molecule has 0 aromatic heterocycles. The van der Waals surface area contributed by atoms with Crippen LogP contribution in [-0.2, 0) is 16.0 Å². The van der Waals surface area contributed by atoms with Crippen LogP contribution in [0.5, 0.6) is 11.5 Å². The van der Waals surface area contributed by atoms with Gasteiger partial charge in [-0.05, 0) is 47.8 Å². The van der Waals surface area contributed by atoms with Gasteiger partial charge >= 0.3 is 11.9 Å². The number of rotatable bonds is 17. The lowest BCUT2D eigenvalue weighted by molar-refractivity contribution is -0.140. The normalized spacial score (nSPS) is 12.9. The Balaban J connectivity index is 4.04. The van der Waals surface area contributed by atoms with E-state index in [-0.39, 0.29) is 17.6 Å². The lowest BCUT2D eigenvalue weighted by atomic mass is 9.80. The Morgan fingerprint density at radius 2 is 1.44 bits per heavy atom. The molecule has 2 unspecified atom stereocenters. The van der Waals surface area contributed by atoms with Crippen LogP contribution in [0.25, 0.3) is 5.57 Å². The van der Waals surface area contributed by atoms with Crippen LogP contribution in [0.15, 0.2) is 11.6 Å². The number of aliphatic carboxylic acids is 2. The number of carbonyl (C=O) groups is 2. The maximum absolute atomic E-state index is 12.3. The molecule has 0 amide bonds. The van der Waals surface area contributed by atoms with Crippen molar-refractivity contribution in [3.05, 3.63) is 28.3 Å². The summed E-state index contributed by atoms with van der Waals surface area (Å²) in [5.41, 5.74) is 1.68. The van der Waals surface area contributed by atoms with Gasteiger partial charge in [0.2, 0.25) is 0 Å². The first-order valence-corrected chi connectivity index (χ1v) is 13.7. The number of ether oxygens (including phenoxy) is 1. The molecule has 1 rings (SSSR count). The van der Waals surface area contributed by atoms with Crippen LogP contribution in [0.1, 0.15) is 122 Å². The maximum Gasteiger partial charge on any atom is 0.343 e. The van der Waals surface area contributed by atoms with E-state index in [1.165, 1.54) is 7.11 Å². The molecule has 6 heteroatoms. The van der Waals surface area contributed by atoms with Crippen molar-refractivity contribution in [1.29, 1.82) is 0 Å². The number of hydrogen-bond donors (Lipinski definition) is 3. The van der Waals surface area contributed by atoms with Crippen molar-refractivity contribution in [1.82, 2.24) is 0 Å². The highest BCUT2D eigenvalue weighted by Gasteiger charge is 2.30. The molecule has 2 atom stereocenters. The Kier molecular flexibility index (Phi) is 13.6. The summed E-state index contributed by atoms with van der Waals surface area (Å²) in [4.78, 5) is 24.6. The molecule has 3 N–H and O–H groups in total. The van der Waals surface area contributed by atoms with Crippen LogP contribution >= 0.6 is 0 Å². The van der Waals surface area contributed by atoms with E-state index in [2.05, 4.69) is 27.7 Å². The lowest BCUT2D eigenvalue weighted by Gasteiger charge is -2.26. The van der Waals surface area contributed by atoms with E-state index in [1.807, 2.05) is 19.9 Å². The third kappa shape index (κ3) is 8.28. The van der Waals surface area contributed by atoms with Gasteiger partial charge in [0, 0.05) is 11.1 Å².